The summed E-state index contributed by atoms with van der Waals surface area (Å²) >= 11 is 0. The van der Waals surface area contributed by atoms with Gasteiger partial charge in [0.05, 0.1) is 0 Å². The molecular weight excluding hydrogens is 208 g/mol. The maximum Gasteiger partial charge on any atom is 0.0136 e. The number of hydrogen-bond donors (Lipinski definition) is 1. The first-order chi connectivity index (χ1) is 7.73. The van der Waals surface area contributed by atoms with E-state index in [9.17, 15) is 0 Å². The second-order valence-corrected chi connectivity index (χ2v) is 7.18. The van der Waals surface area contributed by atoms with Gasteiger partial charge in [0, 0.05) is 18.1 Å². The highest BCUT2D eigenvalue weighted by Crippen LogP contribution is 2.35. The van der Waals surface area contributed by atoms with Crippen molar-refractivity contribution < 1.29 is 0 Å². The van der Waals surface area contributed by atoms with Crippen molar-refractivity contribution in [3.05, 3.63) is 0 Å². The van der Waals surface area contributed by atoms with E-state index in [0.29, 0.717) is 17.5 Å². The predicted octanol–water partition coefficient (Wildman–Crippen LogP) is 3.13. The molecule has 1 saturated carbocycles. The van der Waals surface area contributed by atoms with Gasteiger partial charge in [0.1, 0.15) is 0 Å². The second kappa shape index (κ2) is 5.71. The summed E-state index contributed by atoms with van der Waals surface area (Å²) in [5.74, 6) is 0.854. The molecular formula is C15H32N2. The summed E-state index contributed by atoms with van der Waals surface area (Å²) in [6.07, 6.45) is 2.77. The Morgan fingerprint density at radius 2 is 1.76 bits per heavy atom. The third-order valence-electron chi connectivity index (χ3n) is 4.55. The first-order valence-electron chi connectivity index (χ1n) is 7.18. The third-order valence-corrected chi connectivity index (χ3v) is 4.55. The SMILES string of the molecule is CC(C)NCC1CCC1N(C)C(C)C(C)(C)C. The second-order valence-electron chi connectivity index (χ2n) is 7.18. The molecule has 1 N–H and O–H groups in total. The molecule has 0 spiro atoms. The topological polar surface area (TPSA) is 15.3 Å². The summed E-state index contributed by atoms with van der Waals surface area (Å²) in [6, 6.07) is 2.05. The lowest BCUT2D eigenvalue weighted by Crippen LogP contribution is -2.55. The van der Waals surface area contributed by atoms with E-state index in [2.05, 4.69) is 58.8 Å². The zero-order valence-corrected chi connectivity index (χ0v) is 12.9. The summed E-state index contributed by atoms with van der Waals surface area (Å²) in [5, 5.41) is 3.58. The summed E-state index contributed by atoms with van der Waals surface area (Å²) in [6.45, 7) is 15.0. The van der Waals surface area contributed by atoms with E-state index in [1.54, 1.807) is 0 Å². The number of rotatable bonds is 5. The van der Waals surface area contributed by atoms with Gasteiger partial charge in [0.2, 0.25) is 0 Å². The van der Waals surface area contributed by atoms with Crippen LogP contribution in [0.25, 0.3) is 0 Å². The van der Waals surface area contributed by atoms with Crippen molar-refractivity contribution in [2.75, 3.05) is 13.6 Å². The minimum Gasteiger partial charge on any atom is -0.314 e. The molecule has 1 rings (SSSR count). The molecule has 1 fully saturated rings. The summed E-state index contributed by atoms with van der Waals surface area (Å²) in [5.41, 5.74) is 0.375. The van der Waals surface area contributed by atoms with Gasteiger partial charge >= 0.3 is 0 Å². The lowest BCUT2D eigenvalue weighted by Gasteiger charge is -2.48. The predicted molar refractivity (Wildman–Crippen MR) is 76.3 cm³/mol. The Bertz CT molecular complexity index is 230. The van der Waals surface area contributed by atoms with Gasteiger partial charge < -0.3 is 5.32 Å². The van der Waals surface area contributed by atoms with Crippen LogP contribution in [0.5, 0.6) is 0 Å². The van der Waals surface area contributed by atoms with Crippen LogP contribution in [0.2, 0.25) is 0 Å². The fraction of sp³-hybridized carbons (Fsp3) is 1.00. The molecule has 0 bridgehead atoms. The third kappa shape index (κ3) is 3.96. The van der Waals surface area contributed by atoms with Crippen molar-refractivity contribution in [3.8, 4) is 0 Å². The minimum absolute atomic E-state index is 0.375. The Morgan fingerprint density at radius 3 is 2.12 bits per heavy atom. The maximum atomic E-state index is 3.58. The van der Waals surface area contributed by atoms with Crippen LogP contribution >= 0.6 is 0 Å². The van der Waals surface area contributed by atoms with Crippen LogP contribution in [-0.2, 0) is 0 Å². The van der Waals surface area contributed by atoms with Gasteiger partial charge in [-0.15, -0.1) is 0 Å². The van der Waals surface area contributed by atoms with Crippen molar-refractivity contribution in [1.29, 1.82) is 0 Å². The molecule has 0 saturated heterocycles. The van der Waals surface area contributed by atoms with Gasteiger partial charge in [0.15, 0.2) is 0 Å². The molecule has 2 nitrogen and oxygen atoms in total. The number of nitrogens with one attached hydrogen (secondary N) is 1. The molecule has 2 heteroatoms. The molecule has 0 aromatic heterocycles. The van der Waals surface area contributed by atoms with Crippen LogP contribution in [0, 0.1) is 11.3 Å². The monoisotopic (exact) mass is 240 g/mol. The highest BCUT2D eigenvalue weighted by atomic mass is 15.2. The molecule has 3 atom stereocenters. The van der Waals surface area contributed by atoms with Crippen molar-refractivity contribution in [2.24, 2.45) is 11.3 Å². The van der Waals surface area contributed by atoms with Gasteiger partial charge in [-0.2, -0.15) is 0 Å². The van der Waals surface area contributed by atoms with Gasteiger partial charge in [-0.3, -0.25) is 4.90 Å². The Hall–Kier alpha value is -0.0800. The van der Waals surface area contributed by atoms with Gasteiger partial charge in [-0.05, 0) is 44.7 Å². The van der Waals surface area contributed by atoms with Crippen LogP contribution in [0.1, 0.15) is 54.4 Å². The number of nitrogens with zero attached hydrogens (tertiary/aromatic N) is 1. The van der Waals surface area contributed by atoms with E-state index in [1.165, 1.54) is 19.4 Å². The zero-order chi connectivity index (χ0) is 13.2. The normalized spacial score (nSPS) is 27.4. The van der Waals surface area contributed by atoms with Crippen LogP contribution < -0.4 is 5.32 Å². The van der Waals surface area contributed by atoms with Crippen LogP contribution in [0.15, 0.2) is 0 Å². The molecule has 0 radical (unpaired) electrons. The molecule has 0 heterocycles. The molecule has 0 amide bonds. The van der Waals surface area contributed by atoms with Gasteiger partial charge in [-0.1, -0.05) is 34.6 Å². The van der Waals surface area contributed by atoms with E-state index in [0.717, 1.165) is 12.0 Å². The molecule has 3 unspecified atom stereocenters. The minimum atomic E-state index is 0.375. The highest BCUT2D eigenvalue weighted by Gasteiger charge is 2.37. The Labute approximate surface area is 108 Å². The average molecular weight is 240 g/mol. The van der Waals surface area contributed by atoms with Crippen molar-refractivity contribution in [1.82, 2.24) is 10.2 Å². The van der Waals surface area contributed by atoms with E-state index in [4.69, 9.17) is 0 Å². The lowest BCUT2D eigenvalue weighted by atomic mass is 9.76. The molecule has 17 heavy (non-hydrogen) atoms. The smallest absolute Gasteiger partial charge is 0.0136 e. The first kappa shape index (κ1) is 15.0. The standard InChI is InChI=1S/C15H32N2/c1-11(2)16-10-13-8-9-14(13)17(7)12(3)15(4,5)6/h11-14,16H,8-10H2,1-7H3. The quantitative estimate of drug-likeness (QED) is 0.794. The van der Waals surface area contributed by atoms with Crippen molar-refractivity contribution in [3.63, 3.8) is 0 Å². The van der Waals surface area contributed by atoms with E-state index >= 15 is 0 Å². The van der Waals surface area contributed by atoms with Crippen LogP contribution in [0.3, 0.4) is 0 Å². The average Bonchev–Trinajstić information content (AvgIpc) is 2.12. The fourth-order valence-corrected chi connectivity index (χ4v) is 2.61. The summed E-state index contributed by atoms with van der Waals surface area (Å²) < 4.78 is 0. The molecule has 0 aliphatic heterocycles. The van der Waals surface area contributed by atoms with E-state index < -0.39 is 0 Å². The molecule has 102 valence electrons. The molecule has 1 aliphatic carbocycles. The van der Waals surface area contributed by atoms with Gasteiger partial charge in [-0.25, -0.2) is 0 Å². The van der Waals surface area contributed by atoms with E-state index in [1.807, 2.05) is 0 Å². The van der Waals surface area contributed by atoms with Crippen molar-refractivity contribution in [2.45, 2.75) is 72.5 Å². The Balaban J connectivity index is 2.45. The van der Waals surface area contributed by atoms with Crippen LogP contribution in [0.4, 0.5) is 0 Å². The maximum absolute atomic E-state index is 3.58. The lowest BCUT2D eigenvalue weighted by molar-refractivity contribution is 0.0160. The summed E-state index contributed by atoms with van der Waals surface area (Å²) in [4.78, 5) is 2.61. The van der Waals surface area contributed by atoms with Crippen molar-refractivity contribution >= 4 is 0 Å². The number of hydrogen-bond acceptors (Lipinski definition) is 2. The van der Waals surface area contributed by atoms with E-state index in [-0.39, 0.29) is 0 Å². The summed E-state index contributed by atoms with van der Waals surface area (Å²) in [7, 11) is 2.31. The first-order valence-corrected chi connectivity index (χ1v) is 7.18. The fourth-order valence-electron chi connectivity index (χ4n) is 2.61. The molecule has 1 aliphatic rings. The zero-order valence-electron chi connectivity index (χ0n) is 12.9. The Morgan fingerprint density at radius 1 is 1.18 bits per heavy atom. The highest BCUT2D eigenvalue weighted by molar-refractivity contribution is 4.93. The van der Waals surface area contributed by atoms with Gasteiger partial charge in [0.25, 0.3) is 0 Å². The largest absolute Gasteiger partial charge is 0.314 e. The Kier molecular flexibility index (Phi) is 5.03. The molecule has 0 aromatic rings. The van der Waals surface area contributed by atoms with Crippen LogP contribution in [-0.4, -0.2) is 36.6 Å². The molecule has 0 aromatic carbocycles.